The molecule has 0 spiro atoms. The van der Waals surface area contributed by atoms with Gasteiger partial charge in [0.1, 0.15) is 12.1 Å². The van der Waals surface area contributed by atoms with E-state index in [-0.39, 0.29) is 23.3 Å². The van der Waals surface area contributed by atoms with Gasteiger partial charge in [0.2, 0.25) is 5.89 Å². The highest BCUT2D eigenvalue weighted by Gasteiger charge is 2.34. The van der Waals surface area contributed by atoms with E-state index in [1.807, 2.05) is 0 Å². The fraction of sp³-hybridized carbons (Fsp3) is 0.412. The van der Waals surface area contributed by atoms with Crippen molar-refractivity contribution in [2.45, 2.75) is 18.4 Å². The number of aromatic nitrogens is 1. The summed E-state index contributed by atoms with van der Waals surface area (Å²) in [6, 6.07) is 5.76. The molecule has 2 heterocycles. The van der Waals surface area contributed by atoms with Crippen LogP contribution in [-0.2, 0) is 4.74 Å². The Morgan fingerprint density at radius 2 is 2.08 bits per heavy atom. The number of carbonyl (C=O) groups is 1. The summed E-state index contributed by atoms with van der Waals surface area (Å²) < 4.78 is 23.6. The zero-order chi connectivity index (χ0) is 17.0. The van der Waals surface area contributed by atoms with E-state index in [1.54, 1.807) is 19.2 Å². The van der Waals surface area contributed by atoms with Crippen LogP contribution in [0.1, 0.15) is 23.3 Å². The molecule has 0 bridgehead atoms. The molecular weight excluding hydrogens is 313 g/mol. The van der Waals surface area contributed by atoms with Crippen molar-refractivity contribution in [3.05, 3.63) is 42.0 Å². The molecule has 0 atom stereocenters. The van der Waals surface area contributed by atoms with Crippen molar-refractivity contribution < 1.29 is 18.3 Å². The molecule has 2 aromatic rings. The molecule has 1 amide bonds. The highest BCUT2D eigenvalue weighted by atomic mass is 19.1. The first kappa shape index (κ1) is 16.6. The predicted molar refractivity (Wildman–Crippen MR) is 86.1 cm³/mol. The lowest BCUT2D eigenvalue weighted by molar-refractivity contribution is 0.0659. The molecule has 128 valence electrons. The minimum Gasteiger partial charge on any atom is -0.444 e. The van der Waals surface area contributed by atoms with Gasteiger partial charge in [-0.1, -0.05) is 0 Å². The normalized spacial score (nSPS) is 16.8. The number of oxazole rings is 1. The molecule has 1 fully saturated rings. The molecule has 7 heteroatoms. The van der Waals surface area contributed by atoms with Crippen LogP contribution in [0, 0.1) is 5.82 Å². The number of nitrogens with one attached hydrogen (secondary N) is 2. The van der Waals surface area contributed by atoms with Crippen LogP contribution in [0.4, 0.5) is 4.39 Å². The molecule has 1 aromatic heterocycles. The van der Waals surface area contributed by atoms with E-state index in [0.717, 1.165) is 25.9 Å². The van der Waals surface area contributed by atoms with Crippen molar-refractivity contribution in [1.82, 2.24) is 15.6 Å². The molecule has 1 aliphatic rings. The summed E-state index contributed by atoms with van der Waals surface area (Å²) in [6.07, 6.45) is 2.89. The molecule has 24 heavy (non-hydrogen) atoms. The smallest absolute Gasteiger partial charge is 0.273 e. The zero-order valence-corrected chi connectivity index (χ0v) is 13.5. The van der Waals surface area contributed by atoms with Gasteiger partial charge in [-0.05, 0) is 50.2 Å². The maximum atomic E-state index is 13.0. The van der Waals surface area contributed by atoms with Crippen molar-refractivity contribution in [2.75, 3.05) is 26.8 Å². The molecular formula is C17H20FN3O3. The van der Waals surface area contributed by atoms with E-state index in [1.165, 1.54) is 18.4 Å². The van der Waals surface area contributed by atoms with Gasteiger partial charge in [-0.3, -0.25) is 4.79 Å². The van der Waals surface area contributed by atoms with E-state index >= 15 is 0 Å². The zero-order valence-electron chi connectivity index (χ0n) is 13.5. The first-order chi connectivity index (χ1) is 11.6. The number of amides is 1. The second kappa shape index (κ2) is 7.11. The lowest BCUT2D eigenvalue weighted by Gasteiger charge is -2.37. The number of benzene rings is 1. The Balaban J connectivity index is 1.74. The van der Waals surface area contributed by atoms with Crippen molar-refractivity contribution in [3.8, 4) is 11.5 Å². The van der Waals surface area contributed by atoms with Gasteiger partial charge < -0.3 is 19.8 Å². The molecule has 6 nitrogen and oxygen atoms in total. The molecule has 0 unspecified atom stereocenters. The summed E-state index contributed by atoms with van der Waals surface area (Å²) in [5, 5.41) is 6.31. The van der Waals surface area contributed by atoms with Gasteiger partial charge in [0.05, 0.1) is 12.1 Å². The first-order valence-corrected chi connectivity index (χ1v) is 7.85. The van der Waals surface area contributed by atoms with Crippen molar-refractivity contribution in [1.29, 1.82) is 0 Å². The molecule has 2 N–H and O–H groups in total. The molecule has 0 radical (unpaired) electrons. The Morgan fingerprint density at radius 3 is 2.75 bits per heavy atom. The summed E-state index contributed by atoms with van der Waals surface area (Å²) in [4.78, 5) is 16.7. The maximum Gasteiger partial charge on any atom is 0.273 e. The average molecular weight is 333 g/mol. The van der Waals surface area contributed by atoms with E-state index in [0.29, 0.717) is 12.2 Å². The summed E-state index contributed by atoms with van der Waals surface area (Å²) in [7, 11) is 1.62. The van der Waals surface area contributed by atoms with Crippen LogP contribution in [0.2, 0.25) is 0 Å². The molecule has 1 saturated heterocycles. The number of nitrogens with zero attached hydrogens (tertiary/aromatic N) is 1. The summed E-state index contributed by atoms with van der Waals surface area (Å²) in [5.41, 5.74) is 0.416. The lowest BCUT2D eigenvalue weighted by Crippen LogP contribution is -2.57. The molecule has 0 aliphatic carbocycles. The number of methoxy groups -OCH3 is 1. The quantitative estimate of drug-likeness (QED) is 0.875. The van der Waals surface area contributed by atoms with Crippen LogP contribution in [0.25, 0.3) is 11.5 Å². The summed E-state index contributed by atoms with van der Waals surface area (Å²) >= 11 is 0. The number of carbonyl (C=O) groups excluding carboxylic acids is 1. The molecule has 1 aromatic carbocycles. The van der Waals surface area contributed by atoms with Crippen LogP contribution in [0.5, 0.6) is 0 Å². The summed E-state index contributed by atoms with van der Waals surface area (Å²) in [5.74, 6) is -0.354. The van der Waals surface area contributed by atoms with Crippen LogP contribution in [-0.4, -0.2) is 43.2 Å². The number of hydrogen-bond acceptors (Lipinski definition) is 5. The highest BCUT2D eigenvalue weighted by molar-refractivity contribution is 5.93. The third kappa shape index (κ3) is 3.63. The standard InChI is InChI=1S/C17H20FN3O3/c1-23-11-17(6-8-19-9-7-17)21-15(22)14-10-24-16(20-14)12-2-4-13(18)5-3-12/h2-5,10,19H,6-9,11H2,1H3,(H,21,22). The van der Waals surface area contributed by atoms with Gasteiger partial charge in [0.15, 0.2) is 5.69 Å². The third-order valence-corrected chi connectivity index (χ3v) is 4.19. The first-order valence-electron chi connectivity index (χ1n) is 7.85. The van der Waals surface area contributed by atoms with Crippen LogP contribution in [0.3, 0.4) is 0 Å². The van der Waals surface area contributed by atoms with Gasteiger partial charge >= 0.3 is 0 Å². The Labute approximate surface area is 139 Å². The molecule has 1 aliphatic heterocycles. The van der Waals surface area contributed by atoms with E-state index < -0.39 is 5.54 Å². The molecule has 3 rings (SSSR count). The summed E-state index contributed by atoms with van der Waals surface area (Å²) in [6.45, 7) is 2.09. The second-order valence-corrected chi connectivity index (χ2v) is 5.96. The number of halogens is 1. The van der Waals surface area contributed by atoms with Gasteiger partial charge in [-0.25, -0.2) is 9.37 Å². The second-order valence-electron chi connectivity index (χ2n) is 5.96. The van der Waals surface area contributed by atoms with E-state index in [9.17, 15) is 9.18 Å². The van der Waals surface area contributed by atoms with E-state index in [4.69, 9.17) is 9.15 Å². The van der Waals surface area contributed by atoms with Gasteiger partial charge in [0, 0.05) is 12.7 Å². The number of piperidine rings is 1. The predicted octanol–water partition coefficient (Wildman–Crippen LogP) is 1.98. The SMILES string of the molecule is COCC1(NC(=O)c2coc(-c3ccc(F)cc3)n2)CCNCC1. The average Bonchev–Trinajstić information content (AvgIpc) is 3.07. The van der Waals surface area contributed by atoms with Crippen molar-refractivity contribution in [3.63, 3.8) is 0 Å². The van der Waals surface area contributed by atoms with Crippen LogP contribution < -0.4 is 10.6 Å². The Bertz CT molecular complexity index is 688. The highest BCUT2D eigenvalue weighted by Crippen LogP contribution is 2.22. The fourth-order valence-corrected chi connectivity index (χ4v) is 2.89. The largest absolute Gasteiger partial charge is 0.444 e. The number of ether oxygens (including phenoxy) is 1. The minimum absolute atomic E-state index is 0.198. The topological polar surface area (TPSA) is 76.4 Å². The van der Waals surface area contributed by atoms with Gasteiger partial charge in [0.25, 0.3) is 5.91 Å². The number of hydrogen-bond donors (Lipinski definition) is 2. The minimum atomic E-state index is -0.397. The fourth-order valence-electron chi connectivity index (χ4n) is 2.89. The maximum absolute atomic E-state index is 13.0. The molecule has 0 saturated carbocycles. The lowest BCUT2D eigenvalue weighted by atomic mass is 9.89. The Morgan fingerprint density at radius 1 is 1.38 bits per heavy atom. The van der Waals surface area contributed by atoms with E-state index in [2.05, 4.69) is 15.6 Å². The van der Waals surface area contributed by atoms with Crippen molar-refractivity contribution >= 4 is 5.91 Å². The third-order valence-electron chi connectivity index (χ3n) is 4.19. The van der Waals surface area contributed by atoms with Crippen molar-refractivity contribution in [2.24, 2.45) is 0 Å². The van der Waals surface area contributed by atoms with Crippen LogP contribution in [0.15, 0.2) is 34.9 Å². The Kier molecular flexibility index (Phi) is 4.92. The van der Waals surface area contributed by atoms with Crippen LogP contribution >= 0.6 is 0 Å². The Hall–Kier alpha value is -2.25. The van der Waals surface area contributed by atoms with Gasteiger partial charge in [-0.15, -0.1) is 0 Å². The number of rotatable bonds is 5. The monoisotopic (exact) mass is 333 g/mol. The van der Waals surface area contributed by atoms with Gasteiger partial charge in [-0.2, -0.15) is 0 Å².